The molecule has 0 bridgehead atoms. The van der Waals surface area contributed by atoms with Crippen molar-refractivity contribution in [3.63, 3.8) is 0 Å². The van der Waals surface area contributed by atoms with Gasteiger partial charge in [0.05, 0.1) is 31.5 Å². The fourth-order valence-electron chi connectivity index (χ4n) is 1.99. The summed E-state index contributed by atoms with van der Waals surface area (Å²) in [4.78, 5) is 34.5. The van der Waals surface area contributed by atoms with Gasteiger partial charge in [-0.25, -0.2) is 0 Å². The number of ether oxygens (including phenoxy) is 1. The van der Waals surface area contributed by atoms with Gasteiger partial charge in [-0.3, -0.25) is 14.4 Å². The van der Waals surface area contributed by atoms with Gasteiger partial charge < -0.3 is 25.8 Å². The van der Waals surface area contributed by atoms with Crippen molar-refractivity contribution >= 4 is 17.8 Å². The largest absolute Gasteiger partial charge is 0.481 e. The molecule has 2 aliphatic heterocycles. The molecule has 2 aliphatic rings. The number of nitrogens with one attached hydrogen (secondary N) is 1. The van der Waals surface area contributed by atoms with Gasteiger partial charge in [0.2, 0.25) is 11.8 Å². The number of nitrogens with two attached hydrogens (primary N) is 1. The van der Waals surface area contributed by atoms with E-state index in [1.54, 1.807) is 4.90 Å². The Bertz CT molecular complexity index is 386. The van der Waals surface area contributed by atoms with Gasteiger partial charge in [-0.2, -0.15) is 0 Å². The Morgan fingerprint density at radius 2 is 2.33 bits per heavy atom. The van der Waals surface area contributed by atoms with E-state index in [1.165, 1.54) is 0 Å². The van der Waals surface area contributed by atoms with Crippen molar-refractivity contribution in [2.45, 2.75) is 31.2 Å². The summed E-state index contributed by atoms with van der Waals surface area (Å²) < 4.78 is 5.48. The number of carbonyl (C=O) groups is 3. The number of carboxylic acids is 1. The van der Waals surface area contributed by atoms with Gasteiger partial charge in [-0.05, 0) is 0 Å². The van der Waals surface area contributed by atoms with Crippen LogP contribution < -0.4 is 11.1 Å². The van der Waals surface area contributed by atoms with Crippen LogP contribution in [0.4, 0.5) is 0 Å². The minimum absolute atomic E-state index is 0.0522. The lowest BCUT2D eigenvalue weighted by Crippen LogP contribution is -2.48. The Morgan fingerprint density at radius 3 is 2.89 bits per heavy atom. The van der Waals surface area contributed by atoms with Crippen molar-refractivity contribution in [3.05, 3.63) is 0 Å². The van der Waals surface area contributed by atoms with Gasteiger partial charge in [0.15, 0.2) is 0 Å². The molecule has 3 atom stereocenters. The number of β-lactam (4-membered cyclic amide) rings is 1. The number of hydrogen-bond donors (Lipinski definition) is 3. The van der Waals surface area contributed by atoms with E-state index in [1.807, 2.05) is 0 Å². The van der Waals surface area contributed by atoms with Crippen LogP contribution >= 0.6 is 0 Å². The fourth-order valence-corrected chi connectivity index (χ4v) is 1.99. The first kappa shape index (κ1) is 12.8. The van der Waals surface area contributed by atoms with E-state index in [2.05, 4.69) is 5.32 Å². The average Bonchev–Trinajstić information content (AvgIpc) is 2.62. The van der Waals surface area contributed by atoms with Gasteiger partial charge >= 0.3 is 5.97 Å². The lowest BCUT2D eigenvalue weighted by atomic mass is 10.2. The van der Waals surface area contributed by atoms with Crippen molar-refractivity contribution in [3.8, 4) is 0 Å². The van der Waals surface area contributed by atoms with Crippen molar-refractivity contribution in [1.29, 1.82) is 0 Å². The maximum atomic E-state index is 11.4. The van der Waals surface area contributed by atoms with Gasteiger partial charge in [0.25, 0.3) is 0 Å². The molecule has 18 heavy (non-hydrogen) atoms. The Hall–Kier alpha value is -1.67. The van der Waals surface area contributed by atoms with E-state index in [0.29, 0.717) is 13.0 Å². The fraction of sp³-hybridized carbons (Fsp3) is 0.700. The van der Waals surface area contributed by atoms with Gasteiger partial charge in [0.1, 0.15) is 6.23 Å². The Labute approximate surface area is 103 Å². The number of aliphatic carboxylic acids is 1. The first-order valence-electron chi connectivity index (χ1n) is 5.67. The third-order valence-corrected chi connectivity index (χ3v) is 3.00. The molecule has 2 saturated heterocycles. The summed E-state index contributed by atoms with van der Waals surface area (Å²) in [7, 11) is 0. The topological polar surface area (TPSA) is 122 Å². The third-order valence-electron chi connectivity index (χ3n) is 3.00. The monoisotopic (exact) mass is 257 g/mol. The van der Waals surface area contributed by atoms with Crippen LogP contribution in [-0.4, -0.2) is 59.3 Å². The normalized spacial score (nSPS) is 27.4. The highest BCUT2D eigenvalue weighted by Crippen LogP contribution is 2.28. The van der Waals surface area contributed by atoms with Crippen LogP contribution in [0.5, 0.6) is 0 Å². The summed E-state index contributed by atoms with van der Waals surface area (Å²) in [5, 5.41) is 11.0. The Morgan fingerprint density at radius 1 is 1.61 bits per heavy atom. The van der Waals surface area contributed by atoms with Crippen LogP contribution in [0.3, 0.4) is 0 Å². The molecule has 2 amide bonds. The quantitative estimate of drug-likeness (QED) is 0.483. The molecule has 0 radical (unpaired) electrons. The van der Waals surface area contributed by atoms with E-state index in [0.717, 1.165) is 0 Å². The van der Waals surface area contributed by atoms with Crippen LogP contribution in [0.1, 0.15) is 12.8 Å². The smallest absolute Gasteiger partial charge is 0.305 e. The molecule has 0 aromatic carbocycles. The molecule has 0 spiro atoms. The molecule has 0 aromatic rings. The van der Waals surface area contributed by atoms with Crippen LogP contribution in [0.2, 0.25) is 0 Å². The molecule has 8 nitrogen and oxygen atoms in total. The highest BCUT2D eigenvalue weighted by Gasteiger charge is 2.45. The van der Waals surface area contributed by atoms with Gasteiger partial charge in [0, 0.05) is 6.54 Å². The van der Waals surface area contributed by atoms with Crippen molar-refractivity contribution in [2.24, 2.45) is 5.73 Å². The maximum absolute atomic E-state index is 11.4. The molecule has 2 rings (SSSR count). The number of fused-ring (bicyclic) bond motifs is 1. The molecule has 100 valence electrons. The zero-order chi connectivity index (χ0) is 13.3. The third kappa shape index (κ3) is 2.59. The highest BCUT2D eigenvalue weighted by molar-refractivity contribution is 5.86. The van der Waals surface area contributed by atoms with Gasteiger partial charge in [-0.15, -0.1) is 0 Å². The lowest BCUT2D eigenvalue weighted by molar-refractivity contribution is -0.156. The maximum Gasteiger partial charge on any atom is 0.305 e. The van der Waals surface area contributed by atoms with Crippen LogP contribution in [-0.2, 0) is 19.1 Å². The molecule has 0 aromatic heterocycles. The molecule has 8 heteroatoms. The number of amides is 2. The number of hydrogen-bond acceptors (Lipinski definition) is 5. The first-order valence-corrected chi connectivity index (χ1v) is 5.67. The number of nitrogens with zero attached hydrogens (tertiary/aromatic N) is 1. The Balaban J connectivity index is 1.70. The van der Waals surface area contributed by atoms with E-state index in [-0.39, 0.29) is 24.8 Å². The van der Waals surface area contributed by atoms with Crippen LogP contribution in [0, 0.1) is 0 Å². The SMILES string of the molecule is NC(CC(=O)O)C(=O)NCC1CN2C(=O)CC2O1. The molecule has 3 unspecified atom stereocenters. The molecule has 0 saturated carbocycles. The predicted molar refractivity (Wildman–Crippen MR) is 58.2 cm³/mol. The minimum Gasteiger partial charge on any atom is -0.481 e. The highest BCUT2D eigenvalue weighted by atomic mass is 16.5. The van der Waals surface area contributed by atoms with Crippen LogP contribution in [0.15, 0.2) is 0 Å². The number of rotatable bonds is 5. The summed E-state index contributed by atoms with van der Waals surface area (Å²) in [6.45, 7) is 0.685. The second kappa shape index (κ2) is 4.91. The molecule has 2 fully saturated rings. The van der Waals surface area contributed by atoms with Crippen LogP contribution in [0.25, 0.3) is 0 Å². The van der Waals surface area contributed by atoms with Gasteiger partial charge in [-0.1, -0.05) is 0 Å². The number of carboxylic acid groups (broad SMARTS) is 1. The molecule has 4 N–H and O–H groups in total. The summed E-state index contributed by atoms with van der Waals surface area (Å²) in [6.07, 6.45) is -0.428. The molecule has 0 aliphatic carbocycles. The molecule has 2 heterocycles. The Kier molecular flexibility index (Phi) is 3.48. The zero-order valence-corrected chi connectivity index (χ0v) is 9.67. The summed E-state index contributed by atoms with van der Waals surface area (Å²) in [5.74, 6) is -1.59. The van der Waals surface area contributed by atoms with E-state index < -0.39 is 24.3 Å². The summed E-state index contributed by atoms with van der Waals surface area (Å²) in [6, 6.07) is -1.07. The minimum atomic E-state index is -1.12. The van der Waals surface area contributed by atoms with Crippen molar-refractivity contribution in [1.82, 2.24) is 10.2 Å². The molecular formula is C10H15N3O5. The van der Waals surface area contributed by atoms with E-state index >= 15 is 0 Å². The molecular weight excluding hydrogens is 242 g/mol. The van der Waals surface area contributed by atoms with Crippen molar-refractivity contribution < 1.29 is 24.2 Å². The first-order chi connectivity index (χ1) is 8.47. The standard InChI is InChI=1S/C10H15N3O5/c11-6(1-9(15)16)10(17)12-3-5-4-13-7(14)2-8(13)18-5/h5-6,8H,1-4,11H2,(H,12,17)(H,15,16). The van der Waals surface area contributed by atoms with E-state index in [9.17, 15) is 14.4 Å². The lowest BCUT2D eigenvalue weighted by Gasteiger charge is -2.31. The number of carbonyl (C=O) groups excluding carboxylic acids is 2. The predicted octanol–water partition coefficient (Wildman–Crippen LogP) is -2.14. The zero-order valence-electron chi connectivity index (χ0n) is 9.67. The summed E-state index contributed by atoms with van der Waals surface area (Å²) >= 11 is 0. The second-order valence-corrected chi connectivity index (χ2v) is 4.41. The van der Waals surface area contributed by atoms with E-state index in [4.69, 9.17) is 15.6 Å². The summed E-state index contributed by atoms with van der Waals surface area (Å²) in [5.41, 5.74) is 5.39. The van der Waals surface area contributed by atoms with Crippen molar-refractivity contribution in [2.75, 3.05) is 13.1 Å². The second-order valence-electron chi connectivity index (χ2n) is 4.41. The average molecular weight is 257 g/mol.